The number of ether oxygens (including phenoxy) is 2. The van der Waals surface area contributed by atoms with Crippen LogP contribution in [-0.2, 0) is 100 Å². The maximum absolute atomic E-state index is 11.8. The van der Waals surface area contributed by atoms with Gasteiger partial charge < -0.3 is 198 Å². The fraction of sp³-hybridized carbons (Fsp3) is 1.00. The first-order valence-corrected chi connectivity index (χ1v) is 29.3. The average Bonchev–Trinajstić information content (AvgIpc) is 2.97. The Morgan fingerprint density at radius 3 is 0.385 bits per heavy atom. The molecule has 2 aliphatic carbocycles. The van der Waals surface area contributed by atoms with Gasteiger partial charge in [-0.25, -0.2) is 0 Å². The molecular weight excluding hydrogens is 1140 g/mol. The Kier molecular flexibility index (Phi) is 21.0. The fourth-order valence-electron chi connectivity index (χ4n) is 5.51. The second-order valence-electron chi connectivity index (χ2n) is 11.6. The van der Waals surface area contributed by atoms with Crippen LogP contribution in [0, 0.1) is 0 Å². The molecule has 65 heavy (non-hydrogen) atoms. The molecule has 0 N–H and O–H groups in total. The van der Waals surface area contributed by atoms with E-state index < -0.39 is 158 Å². The Balaban J connectivity index is 3.10. The van der Waals surface area contributed by atoms with Crippen LogP contribution >= 0.6 is 78.2 Å². The summed E-state index contributed by atoms with van der Waals surface area (Å²) in [5.41, 5.74) is 0. The van der Waals surface area contributed by atoms with Gasteiger partial charge in [-0.15, -0.1) is 0 Å². The fourth-order valence-corrected chi connectivity index (χ4v) is 10.9. The van der Waals surface area contributed by atoms with E-state index in [9.17, 15) is 144 Å². The molecule has 0 amide bonds. The van der Waals surface area contributed by atoms with Crippen LogP contribution in [0.1, 0.15) is 0 Å². The third kappa shape index (κ3) is 23.4. The van der Waals surface area contributed by atoms with E-state index in [0.717, 1.165) is 0 Å². The quantitative estimate of drug-likeness (QED) is 0.0640. The Labute approximate surface area is 356 Å². The van der Waals surface area contributed by atoms with E-state index in [2.05, 4.69) is 54.7 Å². The van der Waals surface area contributed by atoms with Gasteiger partial charge in [0.2, 0.25) is 0 Å². The lowest BCUT2D eigenvalue weighted by Crippen LogP contribution is -2.69. The zero-order valence-electron chi connectivity index (χ0n) is 29.3. The SMILES string of the molecule is O=P([O-])([O-])OC1C(OCOC2C(OP(=O)([O-])[O-])C(OP(=O)([O-])[O-])C(OP(=O)([O-])[O-])C(OP(=O)([O-])[O-])C2OP(=O)([O-])[O-])C(OP(=O)([O-])[O-])C(OP(=O)([O-])[O-])C(OP(=O)([O-])[O-])C1OP(=O)([O-])[O-]. The maximum Gasteiger partial charge on any atom is 0.148 e. The highest BCUT2D eigenvalue weighted by Gasteiger charge is 2.59. The number of hydrogen-bond donors (Lipinski definition) is 0. The van der Waals surface area contributed by atoms with Crippen molar-refractivity contribution >= 4 is 78.2 Å². The molecule has 0 aromatic rings. The lowest BCUT2D eigenvalue weighted by molar-refractivity contribution is -0.391. The van der Waals surface area contributed by atoms with Crippen molar-refractivity contribution in [3.8, 4) is 0 Å². The summed E-state index contributed by atoms with van der Waals surface area (Å²) in [4.78, 5) is 234. The second kappa shape index (κ2) is 22.0. The van der Waals surface area contributed by atoms with Crippen molar-refractivity contribution in [3.63, 3.8) is 0 Å². The van der Waals surface area contributed by atoms with Crippen LogP contribution in [0.15, 0.2) is 0 Å². The van der Waals surface area contributed by atoms with Crippen LogP contribution in [0.3, 0.4) is 0 Å². The lowest BCUT2D eigenvalue weighted by atomic mass is 9.84. The van der Waals surface area contributed by atoms with Crippen molar-refractivity contribution in [1.82, 2.24) is 0 Å². The van der Waals surface area contributed by atoms with Crippen molar-refractivity contribution < 1.29 is 198 Å². The molecule has 0 heterocycles. The zero-order valence-corrected chi connectivity index (χ0v) is 38.2. The summed E-state index contributed by atoms with van der Waals surface area (Å²) in [6, 6.07) is 0. The highest BCUT2D eigenvalue weighted by molar-refractivity contribution is 7.45. The zero-order chi connectivity index (χ0) is 51.1. The molecule has 0 aliphatic heterocycles. The van der Waals surface area contributed by atoms with Crippen LogP contribution < -0.4 is 97.9 Å². The van der Waals surface area contributed by atoms with Crippen LogP contribution in [-0.4, -0.2) is 80.0 Å². The molecule has 388 valence electrons. The molecule has 42 nitrogen and oxygen atoms in total. The standard InChI is InChI=1S/C13H34O42P10/c14-56(15,16)46-4-2(5(47-57(17,18)19)9(51-61(29,30)31)12(54-64(38,39)40)8(4)50-60(26,27)28)44-1-45-3-6(48-58(20,21)22)10(52-62(32,33)34)13(55-65(41,42)43)11(53-63(35,36)37)7(3)49-59(23,24)25/h2-13H,1H2,(H2,14,15,16)(H2,17,18,19)(H2,20,21,22)(H2,23,24,25)(H2,26,27,28)(H2,29,30,31)(H2,32,33,34)(H2,35,36,37)(H2,38,39,40)(H2,41,42,43)/p-20. The monoisotopic (exact) mass is 1150 g/mol. The first kappa shape index (κ1) is 62.1. The molecule has 0 aromatic heterocycles. The molecule has 0 radical (unpaired) electrons. The highest BCUT2D eigenvalue weighted by atomic mass is 31.2. The maximum atomic E-state index is 11.8. The van der Waals surface area contributed by atoms with Gasteiger partial charge in [0.05, 0.1) is 78.2 Å². The summed E-state index contributed by atoms with van der Waals surface area (Å²) in [5, 5.41) is 0. The third-order valence-electron chi connectivity index (χ3n) is 6.91. The van der Waals surface area contributed by atoms with Crippen LogP contribution in [0.5, 0.6) is 0 Å². The number of rotatable bonds is 24. The van der Waals surface area contributed by atoms with E-state index in [-0.39, 0.29) is 0 Å². The third-order valence-corrected chi connectivity index (χ3v) is 11.9. The normalized spacial score (nSPS) is 31.0. The molecule has 2 fully saturated rings. The van der Waals surface area contributed by atoms with E-state index in [0.29, 0.717) is 0 Å². The highest BCUT2D eigenvalue weighted by Crippen LogP contribution is 2.52. The summed E-state index contributed by atoms with van der Waals surface area (Å²) < 4.78 is 164. The van der Waals surface area contributed by atoms with Crippen molar-refractivity contribution in [1.29, 1.82) is 0 Å². The van der Waals surface area contributed by atoms with Gasteiger partial charge in [-0.3, -0.25) is 0 Å². The van der Waals surface area contributed by atoms with Crippen LogP contribution in [0.2, 0.25) is 0 Å². The number of phosphoric ester groups is 10. The van der Waals surface area contributed by atoms with E-state index in [1.165, 1.54) is 0 Å². The van der Waals surface area contributed by atoms with Gasteiger partial charge >= 0.3 is 0 Å². The first-order chi connectivity index (χ1) is 28.4. The van der Waals surface area contributed by atoms with E-state index in [1.807, 2.05) is 0 Å². The van der Waals surface area contributed by atoms with Crippen molar-refractivity contribution in [2.45, 2.75) is 73.2 Å². The van der Waals surface area contributed by atoms with Crippen LogP contribution in [0.4, 0.5) is 0 Å². The molecule has 0 saturated heterocycles. The van der Waals surface area contributed by atoms with E-state index >= 15 is 0 Å². The Morgan fingerprint density at radius 1 is 0.200 bits per heavy atom. The molecule has 2 rings (SSSR count). The number of phosphoric acid groups is 10. The molecule has 52 heteroatoms. The van der Waals surface area contributed by atoms with Crippen molar-refractivity contribution in [2.75, 3.05) is 6.79 Å². The first-order valence-electron chi connectivity index (χ1n) is 14.7. The Morgan fingerprint density at radius 2 is 0.292 bits per heavy atom. The summed E-state index contributed by atoms with van der Waals surface area (Å²) in [6.45, 7) is -2.64. The second-order valence-corrected chi connectivity index (χ2v) is 22.6. The molecule has 8 atom stereocenters. The molecule has 2 saturated carbocycles. The smallest absolute Gasteiger partial charge is 0.148 e. The van der Waals surface area contributed by atoms with Gasteiger partial charge in [-0.2, -0.15) is 0 Å². The van der Waals surface area contributed by atoms with Crippen molar-refractivity contribution in [3.05, 3.63) is 0 Å². The molecule has 0 spiro atoms. The minimum Gasteiger partial charge on any atom is -0.790 e. The topological polar surface area (TPSA) is 743 Å². The summed E-state index contributed by atoms with van der Waals surface area (Å²) in [6.07, 6.45) is -46.5. The number of hydrogen-bond acceptors (Lipinski definition) is 42. The van der Waals surface area contributed by atoms with Crippen molar-refractivity contribution in [2.24, 2.45) is 0 Å². The predicted octanol–water partition coefficient (Wildman–Crippen LogP) is -18.1. The van der Waals surface area contributed by atoms with Gasteiger partial charge in [0.25, 0.3) is 0 Å². The van der Waals surface area contributed by atoms with E-state index in [1.54, 1.807) is 0 Å². The van der Waals surface area contributed by atoms with E-state index in [4.69, 9.17) is 0 Å². The van der Waals surface area contributed by atoms with Gasteiger partial charge in [0.1, 0.15) is 80.0 Å². The van der Waals surface area contributed by atoms with Crippen LogP contribution in [0.25, 0.3) is 0 Å². The summed E-state index contributed by atoms with van der Waals surface area (Å²) >= 11 is 0. The van der Waals surface area contributed by atoms with Gasteiger partial charge in [0, 0.05) is 0 Å². The average molecular weight is 1150 g/mol. The summed E-state index contributed by atoms with van der Waals surface area (Å²) in [5.74, 6) is 0. The largest absolute Gasteiger partial charge is 0.790 e. The summed E-state index contributed by atoms with van der Waals surface area (Å²) in [7, 11) is -70.8. The predicted molar refractivity (Wildman–Crippen MR) is 139 cm³/mol. The van der Waals surface area contributed by atoms with Gasteiger partial charge in [-0.05, 0) is 0 Å². The molecular formula is C13H14O42P10-20. The molecule has 0 bridgehead atoms. The molecule has 0 aromatic carbocycles. The minimum atomic E-state index is -7.11. The lowest BCUT2D eigenvalue weighted by Gasteiger charge is -2.57. The van der Waals surface area contributed by atoms with Gasteiger partial charge in [0.15, 0.2) is 0 Å². The molecule has 8 unspecified atom stereocenters. The molecule has 2 aliphatic rings. The Bertz CT molecular complexity index is 1850. The Hall–Kier alpha value is 1.02. The van der Waals surface area contributed by atoms with Gasteiger partial charge in [-0.1, -0.05) is 0 Å². The minimum absolute atomic E-state index is 2.64.